The van der Waals surface area contributed by atoms with Gasteiger partial charge in [0.15, 0.2) is 0 Å². The predicted octanol–water partition coefficient (Wildman–Crippen LogP) is 0.0279. The van der Waals surface area contributed by atoms with Crippen LogP contribution < -0.4 is 5.73 Å². The van der Waals surface area contributed by atoms with Gasteiger partial charge in [0.25, 0.3) is 0 Å². The number of rotatable bonds is 3. The molecule has 3 N–H and O–H groups in total. The van der Waals surface area contributed by atoms with Gasteiger partial charge in [-0.05, 0) is 6.07 Å². The van der Waals surface area contributed by atoms with Crippen LogP contribution in [0, 0.1) is 0 Å². The quantitative estimate of drug-likeness (QED) is 0.726. The molecule has 1 aromatic rings. The minimum absolute atomic E-state index is 0.190. The summed E-state index contributed by atoms with van der Waals surface area (Å²) < 4.78 is 1.46. The number of aromatic nitrogens is 2. The van der Waals surface area contributed by atoms with Crippen LogP contribution in [0.25, 0.3) is 0 Å². The van der Waals surface area contributed by atoms with Gasteiger partial charge >= 0.3 is 5.97 Å². The third-order valence-electron chi connectivity index (χ3n) is 1.62. The van der Waals surface area contributed by atoms with Gasteiger partial charge in [-0.1, -0.05) is 11.6 Å². The lowest BCUT2D eigenvalue weighted by molar-refractivity contribution is -0.138. The third kappa shape index (κ3) is 2.43. The van der Waals surface area contributed by atoms with E-state index in [0.717, 1.165) is 0 Å². The van der Waals surface area contributed by atoms with Gasteiger partial charge in [-0.15, -0.1) is 0 Å². The van der Waals surface area contributed by atoms with Crippen molar-refractivity contribution in [3.05, 3.63) is 16.9 Å². The molecule has 6 heteroatoms. The fraction of sp³-hybridized carbons (Fsp3) is 0.429. The summed E-state index contributed by atoms with van der Waals surface area (Å²) >= 11 is 5.70. The van der Waals surface area contributed by atoms with E-state index in [9.17, 15) is 4.79 Å². The molecule has 0 radical (unpaired) electrons. The maximum Gasteiger partial charge on any atom is 0.320 e. The topological polar surface area (TPSA) is 81.1 Å². The van der Waals surface area contributed by atoms with E-state index in [-0.39, 0.29) is 6.42 Å². The first kappa shape index (κ1) is 10.0. The van der Waals surface area contributed by atoms with Crippen LogP contribution in [0.4, 0.5) is 0 Å². The van der Waals surface area contributed by atoms with E-state index < -0.39 is 12.0 Å². The number of nitrogens with zero attached hydrogens (tertiary/aromatic N) is 2. The first-order valence-corrected chi connectivity index (χ1v) is 4.05. The summed E-state index contributed by atoms with van der Waals surface area (Å²) in [5.41, 5.74) is 5.90. The fourth-order valence-electron chi connectivity index (χ4n) is 0.913. The van der Waals surface area contributed by atoms with Crippen LogP contribution in [0.3, 0.4) is 0 Å². The molecular formula is C7H10ClN3O2. The summed E-state index contributed by atoms with van der Waals surface area (Å²) in [6.07, 6.45) is 0.190. The summed E-state index contributed by atoms with van der Waals surface area (Å²) in [7, 11) is 1.68. The van der Waals surface area contributed by atoms with Crippen LogP contribution in [0.15, 0.2) is 6.07 Å². The summed E-state index contributed by atoms with van der Waals surface area (Å²) in [6.45, 7) is 0. The van der Waals surface area contributed by atoms with E-state index in [1.54, 1.807) is 13.1 Å². The lowest BCUT2D eigenvalue weighted by atomic mass is 10.2. The Kier molecular flexibility index (Phi) is 2.90. The molecule has 0 aromatic carbocycles. The van der Waals surface area contributed by atoms with E-state index in [1.165, 1.54) is 4.68 Å². The molecular weight excluding hydrogens is 194 g/mol. The molecule has 0 aliphatic carbocycles. The van der Waals surface area contributed by atoms with Crippen molar-refractivity contribution < 1.29 is 9.90 Å². The fourth-order valence-corrected chi connectivity index (χ4v) is 1.08. The zero-order valence-electron chi connectivity index (χ0n) is 7.07. The van der Waals surface area contributed by atoms with Gasteiger partial charge in [0.1, 0.15) is 11.2 Å². The minimum Gasteiger partial charge on any atom is -0.480 e. The highest BCUT2D eigenvalue weighted by Crippen LogP contribution is 2.10. The van der Waals surface area contributed by atoms with Gasteiger partial charge < -0.3 is 10.8 Å². The van der Waals surface area contributed by atoms with Gasteiger partial charge in [-0.25, -0.2) is 0 Å². The number of aliphatic carboxylic acids is 1. The van der Waals surface area contributed by atoms with E-state index in [2.05, 4.69) is 5.10 Å². The molecule has 0 saturated heterocycles. The summed E-state index contributed by atoms with van der Waals surface area (Å²) in [5.74, 6) is -1.04. The first-order chi connectivity index (χ1) is 6.00. The monoisotopic (exact) mass is 203 g/mol. The molecule has 0 spiro atoms. The summed E-state index contributed by atoms with van der Waals surface area (Å²) in [5, 5.41) is 13.0. The highest BCUT2D eigenvalue weighted by molar-refractivity contribution is 6.29. The molecule has 5 nitrogen and oxygen atoms in total. The standard InChI is InChI=1S/C7H10ClN3O2/c1-11-6(8)3-4(10-11)2-5(9)7(12)13/h3,5H,2,9H2,1H3,(H,12,13)/t5-/m0/s1. The zero-order valence-corrected chi connectivity index (χ0v) is 7.82. The molecule has 0 bridgehead atoms. The highest BCUT2D eigenvalue weighted by Gasteiger charge is 2.14. The van der Waals surface area contributed by atoms with Crippen LogP contribution >= 0.6 is 11.6 Å². The van der Waals surface area contributed by atoms with Crippen LogP contribution in [-0.4, -0.2) is 26.9 Å². The lowest BCUT2D eigenvalue weighted by Crippen LogP contribution is -2.32. The zero-order chi connectivity index (χ0) is 10.0. The van der Waals surface area contributed by atoms with Gasteiger partial charge in [-0.3, -0.25) is 9.48 Å². The van der Waals surface area contributed by atoms with E-state index >= 15 is 0 Å². The first-order valence-electron chi connectivity index (χ1n) is 3.67. The van der Waals surface area contributed by atoms with Crippen molar-refractivity contribution in [2.75, 3.05) is 0 Å². The molecule has 1 atom stereocenters. The number of carbonyl (C=O) groups is 1. The van der Waals surface area contributed by atoms with Crippen molar-refractivity contribution >= 4 is 17.6 Å². The number of carboxylic acids is 1. The molecule has 1 heterocycles. The molecule has 0 unspecified atom stereocenters. The van der Waals surface area contributed by atoms with Gasteiger partial charge in [0, 0.05) is 13.5 Å². The molecule has 1 aromatic heterocycles. The van der Waals surface area contributed by atoms with Crippen LogP contribution in [0.5, 0.6) is 0 Å². The molecule has 0 aliphatic rings. The van der Waals surface area contributed by atoms with Crippen molar-refractivity contribution in [2.24, 2.45) is 12.8 Å². The largest absolute Gasteiger partial charge is 0.480 e. The second kappa shape index (κ2) is 3.76. The van der Waals surface area contributed by atoms with Crippen LogP contribution in [0.2, 0.25) is 5.15 Å². The number of hydrogen-bond acceptors (Lipinski definition) is 3. The van der Waals surface area contributed by atoms with Crippen molar-refractivity contribution in [3.63, 3.8) is 0 Å². The maximum atomic E-state index is 10.4. The SMILES string of the molecule is Cn1nc(C[C@H](N)C(=O)O)cc1Cl. The molecule has 0 saturated carbocycles. The van der Waals surface area contributed by atoms with Gasteiger partial charge in [0.05, 0.1) is 5.69 Å². The normalized spacial score (nSPS) is 12.8. The summed E-state index contributed by atoms with van der Waals surface area (Å²) in [6, 6.07) is 0.677. The minimum atomic E-state index is -1.04. The lowest BCUT2D eigenvalue weighted by Gasteiger charge is -2.01. The second-order valence-electron chi connectivity index (χ2n) is 2.73. The maximum absolute atomic E-state index is 10.4. The Labute approximate surface area is 80.1 Å². The number of halogens is 1. The van der Waals surface area contributed by atoms with E-state index in [4.69, 9.17) is 22.4 Å². The highest BCUT2D eigenvalue weighted by atomic mass is 35.5. The Morgan fingerprint density at radius 1 is 1.92 bits per heavy atom. The Morgan fingerprint density at radius 3 is 2.92 bits per heavy atom. The van der Waals surface area contributed by atoms with Crippen LogP contribution in [0.1, 0.15) is 5.69 Å². The average Bonchev–Trinajstić information content (AvgIpc) is 2.31. The van der Waals surface area contributed by atoms with Gasteiger partial charge in [0.2, 0.25) is 0 Å². The van der Waals surface area contributed by atoms with Crippen LogP contribution in [-0.2, 0) is 18.3 Å². The van der Waals surface area contributed by atoms with Crippen molar-refractivity contribution in [1.82, 2.24) is 9.78 Å². The molecule has 0 aliphatic heterocycles. The third-order valence-corrected chi connectivity index (χ3v) is 1.97. The number of nitrogens with two attached hydrogens (primary N) is 1. The molecule has 0 amide bonds. The molecule has 13 heavy (non-hydrogen) atoms. The van der Waals surface area contributed by atoms with Crippen molar-refractivity contribution in [1.29, 1.82) is 0 Å². The number of hydrogen-bond donors (Lipinski definition) is 2. The Balaban J connectivity index is 2.69. The molecule has 0 fully saturated rings. The van der Waals surface area contributed by atoms with Gasteiger partial charge in [-0.2, -0.15) is 5.10 Å². The Hall–Kier alpha value is -1.07. The van der Waals surface area contributed by atoms with E-state index in [1.807, 2.05) is 0 Å². The number of aryl methyl sites for hydroxylation is 1. The predicted molar refractivity (Wildman–Crippen MR) is 47.5 cm³/mol. The number of carboxylic acid groups (broad SMARTS) is 1. The second-order valence-corrected chi connectivity index (χ2v) is 3.12. The Bertz CT molecular complexity index is 304. The van der Waals surface area contributed by atoms with E-state index in [0.29, 0.717) is 10.8 Å². The van der Waals surface area contributed by atoms with Crippen molar-refractivity contribution in [2.45, 2.75) is 12.5 Å². The Morgan fingerprint density at radius 2 is 2.54 bits per heavy atom. The van der Waals surface area contributed by atoms with Crippen molar-refractivity contribution in [3.8, 4) is 0 Å². The smallest absolute Gasteiger partial charge is 0.320 e. The molecule has 72 valence electrons. The summed E-state index contributed by atoms with van der Waals surface area (Å²) in [4.78, 5) is 10.4. The molecule has 1 rings (SSSR count). The average molecular weight is 204 g/mol.